The van der Waals surface area contributed by atoms with E-state index in [2.05, 4.69) is 36.3 Å². The molecule has 4 heteroatoms. The molecular formula is C17H25N3S. The zero-order valence-corrected chi connectivity index (χ0v) is 13.7. The molecule has 2 unspecified atom stereocenters. The Labute approximate surface area is 131 Å². The van der Waals surface area contributed by atoms with Gasteiger partial charge in [-0.1, -0.05) is 37.3 Å². The molecule has 3 N–H and O–H groups in total. The van der Waals surface area contributed by atoms with Gasteiger partial charge in [-0.2, -0.15) is 0 Å². The first-order valence-electron chi connectivity index (χ1n) is 7.69. The topological polar surface area (TPSA) is 50.9 Å². The molecule has 0 aliphatic carbocycles. The smallest absolute Gasteiger partial charge is 0.109 e. The summed E-state index contributed by atoms with van der Waals surface area (Å²) in [6.45, 7) is 5.32. The van der Waals surface area contributed by atoms with E-state index in [1.54, 1.807) is 11.3 Å². The number of benzene rings is 1. The minimum absolute atomic E-state index is 0.134. The van der Waals surface area contributed by atoms with Crippen LogP contribution in [0.5, 0.6) is 0 Å². The maximum absolute atomic E-state index is 6.21. The average molecular weight is 303 g/mol. The van der Waals surface area contributed by atoms with Gasteiger partial charge in [0.1, 0.15) is 5.01 Å². The Hall–Kier alpha value is -1.23. The van der Waals surface area contributed by atoms with E-state index in [9.17, 15) is 0 Å². The van der Waals surface area contributed by atoms with Gasteiger partial charge in [0.05, 0.1) is 6.04 Å². The van der Waals surface area contributed by atoms with Crippen LogP contribution in [0.4, 0.5) is 0 Å². The number of nitrogens with zero attached hydrogens (tertiary/aromatic N) is 1. The van der Waals surface area contributed by atoms with E-state index in [4.69, 9.17) is 5.73 Å². The average Bonchev–Trinajstić information content (AvgIpc) is 3.01. The quantitative estimate of drug-likeness (QED) is 0.729. The first-order valence-corrected chi connectivity index (χ1v) is 8.51. The lowest BCUT2D eigenvalue weighted by Crippen LogP contribution is -2.21. The Morgan fingerprint density at radius 3 is 2.71 bits per heavy atom. The Morgan fingerprint density at radius 2 is 2.05 bits per heavy atom. The van der Waals surface area contributed by atoms with Crippen molar-refractivity contribution in [2.45, 2.75) is 45.2 Å². The lowest BCUT2D eigenvalue weighted by molar-refractivity contribution is 0.519. The van der Waals surface area contributed by atoms with E-state index in [0.29, 0.717) is 6.04 Å². The fraction of sp³-hybridized carbons (Fsp3) is 0.471. The monoisotopic (exact) mass is 303 g/mol. The molecule has 1 heterocycles. The molecule has 0 saturated carbocycles. The number of rotatable bonds is 8. The molecule has 0 bridgehead atoms. The van der Waals surface area contributed by atoms with E-state index in [0.717, 1.165) is 25.8 Å². The van der Waals surface area contributed by atoms with Crippen molar-refractivity contribution in [2.75, 3.05) is 6.54 Å². The third kappa shape index (κ3) is 4.92. The molecule has 2 aromatic rings. The second-order valence-corrected chi connectivity index (χ2v) is 6.50. The number of aryl methyl sites for hydroxylation is 1. The van der Waals surface area contributed by atoms with Crippen LogP contribution in [-0.2, 0) is 6.42 Å². The van der Waals surface area contributed by atoms with Crippen LogP contribution in [0.1, 0.15) is 54.2 Å². The van der Waals surface area contributed by atoms with Crippen molar-refractivity contribution in [1.82, 2.24) is 10.3 Å². The molecule has 0 aliphatic rings. The summed E-state index contributed by atoms with van der Waals surface area (Å²) < 4.78 is 0. The second kappa shape index (κ2) is 8.27. The second-order valence-electron chi connectivity index (χ2n) is 5.35. The van der Waals surface area contributed by atoms with Crippen LogP contribution in [0.15, 0.2) is 36.5 Å². The van der Waals surface area contributed by atoms with Gasteiger partial charge in [0.25, 0.3) is 0 Å². The summed E-state index contributed by atoms with van der Waals surface area (Å²) in [5, 5.41) is 4.72. The largest absolute Gasteiger partial charge is 0.324 e. The van der Waals surface area contributed by atoms with Crippen molar-refractivity contribution in [1.29, 1.82) is 0 Å². The van der Waals surface area contributed by atoms with Gasteiger partial charge in [0, 0.05) is 17.1 Å². The standard InChI is InChI=1S/C17H25N3S/c1-3-15-12-20-17(21-15)13(2)19-11-7-10-16(18)14-8-5-4-6-9-14/h4-6,8-9,12-13,16,19H,3,7,10-11,18H2,1-2H3. The first-order chi connectivity index (χ1) is 10.2. The lowest BCUT2D eigenvalue weighted by atomic mass is 10.0. The molecule has 0 saturated heterocycles. The minimum atomic E-state index is 0.134. The molecular weight excluding hydrogens is 278 g/mol. The van der Waals surface area contributed by atoms with Crippen LogP contribution in [0, 0.1) is 0 Å². The number of hydrogen-bond acceptors (Lipinski definition) is 4. The van der Waals surface area contributed by atoms with Crippen molar-refractivity contribution in [2.24, 2.45) is 5.73 Å². The van der Waals surface area contributed by atoms with Gasteiger partial charge in [-0.15, -0.1) is 11.3 Å². The highest BCUT2D eigenvalue weighted by Gasteiger charge is 2.10. The van der Waals surface area contributed by atoms with Crippen LogP contribution >= 0.6 is 11.3 Å². The summed E-state index contributed by atoms with van der Waals surface area (Å²) in [4.78, 5) is 5.83. The fourth-order valence-corrected chi connectivity index (χ4v) is 3.16. The molecule has 114 valence electrons. The number of aromatic nitrogens is 1. The molecule has 1 aromatic heterocycles. The SMILES string of the molecule is CCc1cnc(C(C)NCCCC(N)c2ccccc2)s1. The van der Waals surface area contributed by atoms with Gasteiger partial charge in [-0.25, -0.2) is 4.98 Å². The third-order valence-electron chi connectivity index (χ3n) is 3.66. The molecule has 21 heavy (non-hydrogen) atoms. The maximum Gasteiger partial charge on any atom is 0.109 e. The van der Waals surface area contributed by atoms with Gasteiger partial charge in [0.2, 0.25) is 0 Å². The first kappa shape index (κ1) is 16.1. The number of thiazole rings is 1. The molecule has 0 aliphatic heterocycles. The summed E-state index contributed by atoms with van der Waals surface area (Å²) >= 11 is 1.80. The van der Waals surface area contributed by atoms with E-state index in [1.165, 1.54) is 15.4 Å². The van der Waals surface area contributed by atoms with Gasteiger partial charge >= 0.3 is 0 Å². The Balaban J connectivity index is 1.69. The van der Waals surface area contributed by atoms with Crippen LogP contribution in [0.2, 0.25) is 0 Å². The van der Waals surface area contributed by atoms with E-state index >= 15 is 0 Å². The summed E-state index contributed by atoms with van der Waals surface area (Å²) in [7, 11) is 0. The van der Waals surface area contributed by atoms with Crippen molar-refractivity contribution in [3.05, 3.63) is 52.0 Å². The predicted molar refractivity (Wildman–Crippen MR) is 90.5 cm³/mol. The van der Waals surface area contributed by atoms with Gasteiger partial charge in [-0.3, -0.25) is 0 Å². The van der Waals surface area contributed by atoms with Crippen molar-refractivity contribution in [3.8, 4) is 0 Å². The maximum atomic E-state index is 6.21. The Kier molecular flexibility index (Phi) is 6.36. The summed E-state index contributed by atoms with van der Waals surface area (Å²) in [6, 6.07) is 10.8. The third-order valence-corrected chi connectivity index (χ3v) is 4.98. The van der Waals surface area contributed by atoms with Crippen molar-refractivity contribution < 1.29 is 0 Å². The molecule has 0 fully saturated rings. The summed E-state index contributed by atoms with van der Waals surface area (Å²) in [5.41, 5.74) is 7.43. The van der Waals surface area contributed by atoms with E-state index in [1.807, 2.05) is 24.4 Å². The molecule has 0 amide bonds. The normalized spacial score (nSPS) is 14.0. The van der Waals surface area contributed by atoms with Crippen LogP contribution in [0.25, 0.3) is 0 Å². The van der Waals surface area contributed by atoms with Crippen LogP contribution in [0.3, 0.4) is 0 Å². The van der Waals surface area contributed by atoms with Crippen LogP contribution in [-0.4, -0.2) is 11.5 Å². The molecule has 2 atom stereocenters. The van der Waals surface area contributed by atoms with E-state index in [-0.39, 0.29) is 6.04 Å². The van der Waals surface area contributed by atoms with Gasteiger partial charge in [-0.05, 0) is 38.3 Å². The Bertz CT molecular complexity index is 524. The molecule has 2 rings (SSSR count). The highest BCUT2D eigenvalue weighted by molar-refractivity contribution is 7.11. The van der Waals surface area contributed by atoms with Gasteiger partial charge in [0.15, 0.2) is 0 Å². The number of nitrogens with one attached hydrogen (secondary N) is 1. The zero-order chi connectivity index (χ0) is 15.1. The summed E-state index contributed by atoms with van der Waals surface area (Å²) in [5.74, 6) is 0. The minimum Gasteiger partial charge on any atom is -0.324 e. The van der Waals surface area contributed by atoms with Crippen molar-refractivity contribution in [3.63, 3.8) is 0 Å². The molecule has 0 radical (unpaired) electrons. The Morgan fingerprint density at radius 1 is 1.29 bits per heavy atom. The fourth-order valence-electron chi connectivity index (χ4n) is 2.28. The lowest BCUT2D eigenvalue weighted by Gasteiger charge is -2.14. The van der Waals surface area contributed by atoms with Crippen LogP contribution < -0.4 is 11.1 Å². The molecule has 1 aromatic carbocycles. The highest BCUT2D eigenvalue weighted by atomic mass is 32.1. The van der Waals surface area contributed by atoms with Gasteiger partial charge < -0.3 is 11.1 Å². The number of hydrogen-bond donors (Lipinski definition) is 2. The molecule has 0 spiro atoms. The van der Waals surface area contributed by atoms with E-state index < -0.39 is 0 Å². The molecule has 3 nitrogen and oxygen atoms in total. The summed E-state index contributed by atoms with van der Waals surface area (Å²) in [6.07, 6.45) is 5.13. The predicted octanol–water partition coefficient (Wildman–Crippen LogP) is 3.84. The highest BCUT2D eigenvalue weighted by Crippen LogP contribution is 2.20. The zero-order valence-electron chi connectivity index (χ0n) is 12.9. The number of nitrogens with two attached hydrogens (primary N) is 1. The van der Waals surface area contributed by atoms with Crippen molar-refractivity contribution >= 4 is 11.3 Å².